The lowest BCUT2D eigenvalue weighted by atomic mass is 10.1. The van der Waals surface area contributed by atoms with Gasteiger partial charge in [0.25, 0.3) is 5.91 Å². The molecule has 0 aliphatic rings. The number of amides is 1. The van der Waals surface area contributed by atoms with Gasteiger partial charge in [-0.1, -0.05) is 36.4 Å². The Labute approximate surface area is 116 Å². The Hall–Kier alpha value is -1.26. The molecule has 94 valence electrons. The third-order valence-corrected chi connectivity index (χ3v) is 3.93. The van der Waals surface area contributed by atoms with Gasteiger partial charge in [0.2, 0.25) is 0 Å². The molecular weight excluding hydrogens is 262 g/mol. The summed E-state index contributed by atoms with van der Waals surface area (Å²) in [4.78, 5) is 12.7. The Kier molecular flexibility index (Phi) is 4.84. The molecule has 2 rings (SSSR count). The van der Waals surface area contributed by atoms with Gasteiger partial charge in [-0.15, -0.1) is 11.3 Å². The van der Waals surface area contributed by atoms with Crippen molar-refractivity contribution in [3.05, 3.63) is 58.3 Å². The van der Waals surface area contributed by atoms with E-state index in [4.69, 9.17) is 0 Å². The zero-order valence-corrected chi connectivity index (χ0v) is 11.6. The molecule has 0 spiro atoms. The van der Waals surface area contributed by atoms with Crippen LogP contribution in [-0.2, 0) is 6.42 Å². The van der Waals surface area contributed by atoms with Crippen molar-refractivity contribution in [3.8, 4) is 0 Å². The van der Waals surface area contributed by atoms with Gasteiger partial charge in [-0.2, -0.15) is 12.6 Å². The molecule has 1 atom stereocenters. The van der Waals surface area contributed by atoms with Crippen molar-refractivity contribution in [3.63, 3.8) is 0 Å². The average molecular weight is 277 g/mol. The molecule has 0 unspecified atom stereocenters. The minimum absolute atomic E-state index is 0.0139. The molecular formula is C14H15NOS2. The van der Waals surface area contributed by atoms with Gasteiger partial charge in [-0.3, -0.25) is 4.79 Å². The number of carbonyl (C=O) groups is 1. The number of nitrogens with one attached hydrogen (secondary N) is 1. The van der Waals surface area contributed by atoms with E-state index in [1.54, 1.807) is 0 Å². The van der Waals surface area contributed by atoms with Gasteiger partial charge in [0.15, 0.2) is 0 Å². The monoisotopic (exact) mass is 277 g/mol. The summed E-state index contributed by atoms with van der Waals surface area (Å²) in [7, 11) is 0. The molecule has 18 heavy (non-hydrogen) atoms. The molecule has 2 nitrogen and oxygen atoms in total. The lowest BCUT2D eigenvalue weighted by Gasteiger charge is -2.16. The average Bonchev–Trinajstić information content (AvgIpc) is 2.93. The zero-order chi connectivity index (χ0) is 12.8. The molecule has 1 aromatic heterocycles. The molecule has 0 aliphatic carbocycles. The maximum absolute atomic E-state index is 11.9. The van der Waals surface area contributed by atoms with Gasteiger partial charge < -0.3 is 5.32 Å². The number of carbonyl (C=O) groups excluding carboxylic acids is 1. The molecule has 0 radical (unpaired) electrons. The van der Waals surface area contributed by atoms with Crippen LogP contribution in [0.4, 0.5) is 0 Å². The zero-order valence-electron chi connectivity index (χ0n) is 9.87. The summed E-state index contributed by atoms with van der Waals surface area (Å²) in [5.41, 5.74) is 1.21. The van der Waals surface area contributed by atoms with Gasteiger partial charge >= 0.3 is 0 Å². The fourth-order valence-corrected chi connectivity index (χ4v) is 2.57. The quantitative estimate of drug-likeness (QED) is 0.808. The summed E-state index contributed by atoms with van der Waals surface area (Å²) in [6, 6.07) is 13.9. The first-order chi connectivity index (χ1) is 8.79. The van der Waals surface area contributed by atoms with Crippen LogP contribution in [0.25, 0.3) is 0 Å². The standard InChI is InChI=1S/C14H15NOS2/c16-14(13-7-4-8-18-13)15-12(10-17)9-11-5-2-1-3-6-11/h1-8,12,17H,9-10H2,(H,15,16)/t12-/m1/s1. The van der Waals surface area contributed by atoms with Crippen LogP contribution in [0.2, 0.25) is 0 Å². The largest absolute Gasteiger partial charge is 0.347 e. The van der Waals surface area contributed by atoms with E-state index in [1.165, 1.54) is 16.9 Å². The number of benzene rings is 1. The summed E-state index contributed by atoms with van der Waals surface area (Å²) in [6.45, 7) is 0. The van der Waals surface area contributed by atoms with E-state index in [0.29, 0.717) is 5.75 Å². The first-order valence-electron chi connectivity index (χ1n) is 5.78. The third-order valence-electron chi connectivity index (χ3n) is 2.63. The molecule has 2 aromatic rings. The van der Waals surface area contributed by atoms with Gasteiger partial charge in [-0.25, -0.2) is 0 Å². The van der Waals surface area contributed by atoms with Crippen molar-refractivity contribution in [2.75, 3.05) is 5.75 Å². The van der Waals surface area contributed by atoms with E-state index in [9.17, 15) is 4.79 Å². The van der Waals surface area contributed by atoms with E-state index < -0.39 is 0 Å². The molecule has 0 saturated carbocycles. The number of hydrogen-bond acceptors (Lipinski definition) is 3. The smallest absolute Gasteiger partial charge is 0.261 e. The van der Waals surface area contributed by atoms with Crippen LogP contribution in [0, 0.1) is 0 Å². The second-order valence-corrected chi connectivity index (χ2v) is 5.33. The first-order valence-corrected chi connectivity index (χ1v) is 7.30. The SMILES string of the molecule is O=C(N[C@@H](CS)Cc1ccccc1)c1cccs1. The normalized spacial score (nSPS) is 12.1. The van der Waals surface area contributed by atoms with Crippen LogP contribution in [0.15, 0.2) is 47.8 Å². The molecule has 0 aliphatic heterocycles. The molecule has 1 heterocycles. The van der Waals surface area contributed by atoms with Crippen molar-refractivity contribution in [2.24, 2.45) is 0 Å². The number of rotatable bonds is 5. The van der Waals surface area contributed by atoms with Crippen LogP contribution in [0.5, 0.6) is 0 Å². The number of thiol groups is 1. The van der Waals surface area contributed by atoms with Gasteiger partial charge in [0.05, 0.1) is 4.88 Å². The van der Waals surface area contributed by atoms with Crippen LogP contribution < -0.4 is 5.32 Å². The Morgan fingerprint density at radius 3 is 2.61 bits per heavy atom. The predicted molar refractivity (Wildman–Crippen MR) is 79.6 cm³/mol. The second kappa shape index (κ2) is 6.61. The van der Waals surface area contributed by atoms with E-state index in [2.05, 4.69) is 30.1 Å². The number of thiophene rings is 1. The number of hydrogen-bond donors (Lipinski definition) is 2. The molecule has 1 amide bonds. The van der Waals surface area contributed by atoms with Crippen LogP contribution >= 0.6 is 24.0 Å². The van der Waals surface area contributed by atoms with Crippen molar-refractivity contribution in [1.82, 2.24) is 5.32 Å². The van der Waals surface area contributed by atoms with E-state index in [-0.39, 0.29) is 11.9 Å². The highest BCUT2D eigenvalue weighted by atomic mass is 32.1. The Bertz CT molecular complexity index is 482. The van der Waals surface area contributed by atoms with E-state index >= 15 is 0 Å². The van der Waals surface area contributed by atoms with Gasteiger partial charge in [-0.05, 0) is 23.4 Å². The van der Waals surface area contributed by atoms with Crippen molar-refractivity contribution in [2.45, 2.75) is 12.5 Å². The van der Waals surface area contributed by atoms with Gasteiger partial charge in [0, 0.05) is 11.8 Å². The molecule has 0 bridgehead atoms. The van der Waals surface area contributed by atoms with Gasteiger partial charge in [0.1, 0.15) is 0 Å². The van der Waals surface area contributed by atoms with E-state index in [1.807, 2.05) is 35.7 Å². The lowest BCUT2D eigenvalue weighted by Crippen LogP contribution is -2.37. The minimum Gasteiger partial charge on any atom is -0.347 e. The molecule has 0 fully saturated rings. The molecule has 1 N–H and O–H groups in total. The van der Waals surface area contributed by atoms with Crippen LogP contribution in [0.1, 0.15) is 15.2 Å². The van der Waals surface area contributed by atoms with Crippen molar-refractivity contribution in [1.29, 1.82) is 0 Å². The van der Waals surface area contributed by atoms with Crippen molar-refractivity contribution >= 4 is 29.9 Å². The third kappa shape index (κ3) is 3.62. The van der Waals surface area contributed by atoms with Crippen LogP contribution in [0.3, 0.4) is 0 Å². The fourth-order valence-electron chi connectivity index (χ4n) is 1.72. The van der Waals surface area contributed by atoms with Crippen molar-refractivity contribution < 1.29 is 4.79 Å². The van der Waals surface area contributed by atoms with Crippen LogP contribution in [-0.4, -0.2) is 17.7 Å². The lowest BCUT2D eigenvalue weighted by molar-refractivity contribution is 0.0945. The molecule has 1 aromatic carbocycles. The second-order valence-electron chi connectivity index (χ2n) is 4.02. The Balaban J connectivity index is 1.96. The molecule has 4 heteroatoms. The maximum Gasteiger partial charge on any atom is 0.261 e. The summed E-state index contributed by atoms with van der Waals surface area (Å²) in [6.07, 6.45) is 0.807. The minimum atomic E-state index is -0.0139. The summed E-state index contributed by atoms with van der Waals surface area (Å²) in [5, 5.41) is 4.92. The highest BCUT2D eigenvalue weighted by molar-refractivity contribution is 7.80. The Morgan fingerprint density at radius 2 is 2.00 bits per heavy atom. The summed E-state index contributed by atoms with van der Waals surface area (Å²) < 4.78 is 0. The Morgan fingerprint density at radius 1 is 1.22 bits per heavy atom. The topological polar surface area (TPSA) is 29.1 Å². The fraction of sp³-hybridized carbons (Fsp3) is 0.214. The predicted octanol–water partition coefficient (Wildman–Crippen LogP) is 3.02. The highest BCUT2D eigenvalue weighted by Crippen LogP contribution is 2.10. The maximum atomic E-state index is 11.9. The molecule has 0 saturated heterocycles. The highest BCUT2D eigenvalue weighted by Gasteiger charge is 2.13. The van der Waals surface area contributed by atoms with E-state index in [0.717, 1.165) is 11.3 Å². The summed E-state index contributed by atoms with van der Waals surface area (Å²) >= 11 is 5.76. The summed E-state index contributed by atoms with van der Waals surface area (Å²) in [5.74, 6) is 0.617. The first kappa shape index (κ1) is 13.2.